The van der Waals surface area contributed by atoms with Gasteiger partial charge in [-0.15, -0.1) is 0 Å². The summed E-state index contributed by atoms with van der Waals surface area (Å²) in [4.78, 5) is 28.6. The van der Waals surface area contributed by atoms with Crippen LogP contribution in [0.25, 0.3) is 0 Å². The lowest BCUT2D eigenvalue weighted by Crippen LogP contribution is -2.38. The van der Waals surface area contributed by atoms with Gasteiger partial charge in [-0.3, -0.25) is 9.59 Å². The maximum Gasteiger partial charge on any atom is 0.325 e. The van der Waals surface area contributed by atoms with Gasteiger partial charge in [0.1, 0.15) is 6.54 Å². The van der Waals surface area contributed by atoms with Gasteiger partial charge in [0.2, 0.25) is 5.95 Å². The molecule has 0 aromatic carbocycles. The van der Waals surface area contributed by atoms with Gasteiger partial charge in [0, 0.05) is 12.2 Å². The van der Waals surface area contributed by atoms with Gasteiger partial charge < -0.3 is 9.64 Å². The Morgan fingerprint density at radius 1 is 1.47 bits per heavy atom. The normalized spacial score (nSPS) is 14.0. The second kappa shape index (κ2) is 5.77. The second-order valence-corrected chi connectivity index (χ2v) is 4.34. The number of hydrogen-bond acceptors (Lipinski definition) is 4. The summed E-state index contributed by atoms with van der Waals surface area (Å²) in [6, 6.07) is 2.57. The predicted octanol–water partition coefficient (Wildman–Crippen LogP) is 1.39. The first-order valence-corrected chi connectivity index (χ1v) is 6.20. The van der Waals surface area contributed by atoms with Gasteiger partial charge in [0.05, 0.1) is 12.2 Å². The Bertz CT molecular complexity index is 471. The zero-order valence-electron chi connectivity index (χ0n) is 10.6. The van der Waals surface area contributed by atoms with Gasteiger partial charge >= 0.3 is 5.97 Å². The number of rotatable bonds is 5. The third kappa shape index (κ3) is 3.49. The molecule has 2 rings (SSSR count). The standard InChI is InChI=1S/C13H15FN2O3/c1-2-19-12(17)8-16(10-4-5-10)13(18)9-3-6-11(14)15-7-9/h3,6-7,10H,2,4-5,8H2,1H3. The van der Waals surface area contributed by atoms with Crippen LogP contribution in [0.3, 0.4) is 0 Å². The first-order chi connectivity index (χ1) is 9.11. The molecule has 0 spiro atoms. The van der Waals surface area contributed by atoms with Gasteiger partial charge in [-0.05, 0) is 31.9 Å². The smallest absolute Gasteiger partial charge is 0.325 e. The summed E-state index contributed by atoms with van der Waals surface area (Å²) in [6.07, 6.45) is 2.93. The Kier molecular flexibility index (Phi) is 4.09. The van der Waals surface area contributed by atoms with Crippen LogP contribution in [0.15, 0.2) is 18.3 Å². The molecule has 0 N–H and O–H groups in total. The topological polar surface area (TPSA) is 59.5 Å². The van der Waals surface area contributed by atoms with Crippen molar-refractivity contribution in [2.75, 3.05) is 13.2 Å². The van der Waals surface area contributed by atoms with E-state index < -0.39 is 11.9 Å². The first-order valence-electron chi connectivity index (χ1n) is 6.20. The van der Waals surface area contributed by atoms with E-state index in [9.17, 15) is 14.0 Å². The van der Waals surface area contributed by atoms with Crippen molar-refractivity contribution in [2.45, 2.75) is 25.8 Å². The van der Waals surface area contributed by atoms with Crippen molar-refractivity contribution < 1.29 is 18.7 Å². The van der Waals surface area contributed by atoms with Gasteiger partial charge in [0.25, 0.3) is 5.91 Å². The van der Waals surface area contributed by atoms with E-state index in [2.05, 4.69) is 4.98 Å². The number of carbonyl (C=O) groups is 2. The van der Waals surface area contributed by atoms with Crippen LogP contribution in [0, 0.1) is 5.95 Å². The largest absolute Gasteiger partial charge is 0.465 e. The summed E-state index contributed by atoms with van der Waals surface area (Å²) < 4.78 is 17.6. The second-order valence-electron chi connectivity index (χ2n) is 4.34. The van der Waals surface area contributed by atoms with Gasteiger partial charge in [-0.25, -0.2) is 4.98 Å². The lowest BCUT2D eigenvalue weighted by molar-refractivity contribution is -0.144. The van der Waals surface area contributed by atoms with E-state index in [0.717, 1.165) is 18.9 Å². The number of aromatic nitrogens is 1. The van der Waals surface area contributed by atoms with E-state index in [1.54, 1.807) is 6.92 Å². The number of halogens is 1. The summed E-state index contributed by atoms with van der Waals surface area (Å²) in [7, 11) is 0. The highest BCUT2D eigenvalue weighted by molar-refractivity contribution is 5.96. The molecule has 5 nitrogen and oxygen atoms in total. The molecule has 1 heterocycles. The Balaban J connectivity index is 2.08. The summed E-state index contributed by atoms with van der Waals surface area (Å²) in [6.45, 7) is 1.92. The highest BCUT2D eigenvalue weighted by atomic mass is 19.1. The van der Waals surface area contributed by atoms with E-state index in [0.29, 0.717) is 0 Å². The SMILES string of the molecule is CCOC(=O)CN(C(=O)c1ccc(F)nc1)C1CC1. The fourth-order valence-electron chi connectivity index (χ4n) is 1.77. The van der Waals surface area contributed by atoms with Gasteiger partial charge in [0.15, 0.2) is 0 Å². The van der Waals surface area contributed by atoms with E-state index in [4.69, 9.17) is 4.74 Å². The van der Waals surface area contributed by atoms with Gasteiger partial charge in [-0.2, -0.15) is 4.39 Å². The summed E-state index contributed by atoms with van der Waals surface area (Å²) in [5.41, 5.74) is 0.276. The van der Waals surface area contributed by atoms with E-state index in [1.807, 2.05) is 0 Å². The average molecular weight is 266 g/mol. The highest BCUT2D eigenvalue weighted by Gasteiger charge is 2.34. The molecule has 0 saturated heterocycles. The molecule has 1 amide bonds. The Morgan fingerprint density at radius 3 is 2.74 bits per heavy atom. The fraction of sp³-hybridized carbons (Fsp3) is 0.462. The molecular formula is C13H15FN2O3. The minimum atomic E-state index is -0.639. The number of pyridine rings is 1. The monoisotopic (exact) mass is 266 g/mol. The van der Waals surface area contributed by atoms with Crippen molar-refractivity contribution in [3.05, 3.63) is 29.8 Å². The van der Waals surface area contributed by atoms with Crippen LogP contribution in [-0.2, 0) is 9.53 Å². The van der Waals surface area contributed by atoms with Crippen molar-refractivity contribution >= 4 is 11.9 Å². The lowest BCUT2D eigenvalue weighted by atomic mass is 10.2. The molecule has 1 aliphatic carbocycles. The van der Waals surface area contributed by atoms with E-state index in [1.165, 1.54) is 17.2 Å². The van der Waals surface area contributed by atoms with Crippen LogP contribution in [-0.4, -0.2) is 41.0 Å². The minimum absolute atomic E-state index is 0.0713. The maximum atomic E-state index is 12.7. The zero-order chi connectivity index (χ0) is 13.8. The van der Waals surface area contributed by atoms with E-state index >= 15 is 0 Å². The molecule has 6 heteroatoms. The molecule has 1 aromatic heterocycles. The molecule has 0 unspecified atom stereocenters. The number of esters is 1. The number of nitrogens with zero attached hydrogens (tertiary/aromatic N) is 2. The molecule has 1 fully saturated rings. The molecule has 1 aliphatic rings. The van der Waals surface area contributed by atoms with Crippen LogP contribution < -0.4 is 0 Å². The number of amides is 1. The van der Waals surface area contributed by atoms with Gasteiger partial charge in [-0.1, -0.05) is 0 Å². The lowest BCUT2D eigenvalue weighted by Gasteiger charge is -2.21. The molecule has 1 aromatic rings. The zero-order valence-corrected chi connectivity index (χ0v) is 10.6. The van der Waals surface area contributed by atoms with Crippen LogP contribution in [0.2, 0.25) is 0 Å². The van der Waals surface area contributed by atoms with Crippen LogP contribution in [0.1, 0.15) is 30.1 Å². The Labute approximate surface area is 110 Å². The molecule has 0 aliphatic heterocycles. The van der Waals surface area contributed by atoms with Crippen molar-refractivity contribution in [1.29, 1.82) is 0 Å². The Hall–Kier alpha value is -1.98. The number of hydrogen-bond donors (Lipinski definition) is 0. The minimum Gasteiger partial charge on any atom is -0.465 e. The summed E-state index contributed by atoms with van der Waals surface area (Å²) >= 11 is 0. The number of carbonyl (C=O) groups excluding carboxylic acids is 2. The van der Waals surface area contributed by atoms with Crippen molar-refractivity contribution in [3.63, 3.8) is 0 Å². The van der Waals surface area contributed by atoms with Crippen molar-refractivity contribution in [1.82, 2.24) is 9.88 Å². The third-order valence-electron chi connectivity index (χ3n) is 2.83. The Morgan fingerprint density at radius 2 is 2.21 bits per heavy atom. The molecule has 0 bridgehead atoms. The molecule has 1 saturated carbocycles. The summed E-state index contributed by atoms with van der Waals surface area (Å²) in [5.74, 6) is -1.39. The molecule has 102 valence electrons. The molecular weight excluding hydrogens is 251 g/mol. The molecule has 0 atom stereocenters. The third-order valence-corrected chi connectivity index (χ3v) is 2.83. The maximum absolute atomic E-state index is 12.7. The van der Waals surface area contributed by atoms with Crippen molar-refractivity contribution in [3.8, 4) is 0 Å². The molecule has 19 heavy (non-hydrogen) atoms. The first kappa shape index (κ1) is 13.5. The summed E-state index contributed by atoms with van der Waals surface area (Å²) in [5, 5.41) is 0. The predicted molar refractivity (Wildman–Crippen MR) is 64.9 cm³/mol. The van der Waals surface area contributed by atoms with Crippen LogP contribution in [0.5, 0.6) is 0 Å². The van der Waals surface area contributed by atoms with E-state index in [-0.39, 0.29) is 30.7 Å². The van der Waals surface area contributed by atoms with Crippen molar-refractivity contribution in [2.24, 2.45) is 0 Å². The van der Waals surface area contributed by atoms with Crippen LogP contribution in [0.4, 0.5) is 4.39 Å². The average Bonchev–Trinajstić information content (AvgIpc) is 3.21. The highest BCUT2D eigenvalue weighted by Crippen LogP contribution is 2.28. The quantitative estimate of drug-likeness (QED) is 0.597. The fourth-order valence-corrected chi connectivity index (χ4v) is 1.77. The molecule has 0 radical (unpaired) electrons. The van der Waals surface area contributed by atoms with Crippen LogP contribution >= 0.6 is 0 Å². The number of ether oxygens (including phenoxy) is 1.